The molecule has 2 heterocycles. The number of nitrogens with zero attached hydrogens (tertiary/aromatic N) is 1. The van der Waals surface area contributed by atoms with Gasteiger partial charge < -0.3 is 10.3 Å². The number of imidazole rings is 1. The molecule has 0 saturated heterocycles. The molecule has 0 radical (unpaired) electrons. The number of hydrogen-bond acceptors (Lipinski definition) is 3. The summed E-state index contributed by atoms with van der Waals surface area (Å²) in [6, 6.07) is 4.02. The summed E-state index contributed by atoms with van der Waals surface area (Å²) >= 11 is 7.50. The monoisotopic (exact) mass is 255 g/mol. The number of H-pyrrole nitrogens is 1. The van der Waals surface area contributed by atoms with Gasteiger partial charge >= 0.3 is 0 Å². The van der Waals surface area contributed by atoms with E-state index in [0.717, 1.165) is 35.2 Å². The van der Waals surface area contributed by atoms with Crippen LogP contribution in [0.3, 0.4) is 0 Å². The van der Waals surface area contributed by atoms with Gasteiger partial charge in [-0.25, -0.2) is 4.98 Å². The predicted molar refractivity (Wildman–Crippen MR) is 68.1 cm³/mol. The van der Waals surface area contributed by atoms with E-state index in [2.05, 4.69) is 21.4 Å². The number of rotatable bonds is 5. The lowest BCUT2D eigenvalue weighted by Gasteiger charge is -2.01. The van der Waals surface area contributed by atoms with E-state index < -0.39 is 0 Å². The Morgan fingerprint density at radius 2 is 2.38 bits per heavy atom. The maximum absolute atomic E-state index is 5.86. The van der Waals surface area contributed by atoms with Gasteiger partial charge in [0.2, 0.25) is 0 Å². The topological polar surface area (TPSA) is 40.7 Å². The number of aromatic amines is 1. The Morgan fingerprint density at radius 3 is 3.00 bits per heavy atom. The summed E-state index contributed by atoms with van der Waals surface area (Å²) in [5.41, 5.74) is 2.22. The molecular weight excluding hydrogens is 242 g/mol. The first-order valence-corrected chi connectivity index (χ1v) is 6.39. The number of aromatic nitrogens is 2. The number of thiophene rings is 1. The molecule has 0 unspecified atom stereocenters. The van der Waals surface area contributed by atoms with Crippen LogP contribution >= 0.6 is 22.9 Å². The van der Waals surface area contributed by atoms with Crippen LogP contribution in [0.4, 0.5) is 0 Å². The number of aryl methyl sites for hydroxylation is 1. The maximum Gasteiger partial charge on any atom is 0.0931 e. The zero-order chi connectivity index (χ0) is 11.4. The zero-order valence-electron chi connectivity index (χ0n) is 9.09. The van der Waals surface area contributed by atoms with Crippen molar-refractivity contribution in [3.63, 3.8) is 0 Å². The molecule has 2 aromatic rings. The minimum absolute atomic E-state index is 0.814. The second kappa shape index (κ2) is 5.48. The molecule has 2 N–H and O–H groups in total. The van der Waals surface area contributed by atoms with Crippen molar-refractivity contribution < 1.29 is 0 Å². The molecule has 0 spiro atoms. The average Bonchev–Trinajstić information content (AvgIpc) is 2.83. The second-order valence-corrected chi connectivity index (χ2v) is 5.41. The van der Waals surface area contributed by atoms with Gasteiger partial charge in [-0.1, -0.05) is 11.6 Å². The average molecular weight is 256 g/mol. The first-order chi connectivity index (χ1) is 7.75. The molecular formula is C11H14ClN3S. The lowest BCUT2D eigenvalue weighted by molar-refractivity contribution is 0.677. The van der Waals surface area contributed by atoms with Gasteiger partial charge in [-0.3, -0.25) is 0 Å². The van der Waals surface area contributed by atoms with Gasteiger partial charge in [-0.05, 0) is 25.5 Å². The normalized spacial score (nSPS) is 10.9. The van der Waals surface area contributed by atoms with Crippen molar-refractivity contribution in [3.05, 3.63) is 39.1 Å². The van der Waals surface area contributed by atoms with Crippen molar-refractivity contribution in [1.82, 2.24) is 15.3 Å². The Kier molecular flexibility index (Phi) is 3.98. The van der Waals surface area contributed by atoms with Crippen LogP contribution in [0.25, 0.3) is 0 Å². The molecule has 0 aliphatic rings. The van der Waals surface area contributed by atoms with E-state index in [0.29, 0.717) is 0 Å². The molecule has 0 aliphatic carbocycles. The number of halogens is 1. The first kappa shape index (κ1) is 11.6. The highest BCUT2D eigenvalue weighted by Gasteiger charge is 2.01. The van der Waals surface area contributed by atoms with Gasteiger partial charge in [-0.15, -0.1) is 11.3 Å². The molecule has 0 bridgehead atoms. The Balaban J connectivity index is 1.71. The van der Waals surface area contributed by atoms with E-state index in [1.54, 1.807) is 17.7 Å². The summed E-state index contributed by atoms with van der Waals surface area (Å²) in [4.78, 5) is 8.61. The van der Waals surface area contributed by atoms with Crippen LogP contribution in [0.15, 0.2) is 18.5 Å². The van der Waals surface area contributed by atoms with E-state index in [-0.39, 0.29) is 0 Å². The first-order valence-electron chi connectivity index (χ1n) is 5.19. The predicted octanol–water partition coefficient (Wildman–Crippen LogP) is 2.77. The SMILES string of the molecule is Cc1[nH]cnc1CNCCc1ccc(Cl)s1. The molecule has 2 rings (SSSR count). The Bertz CT molecular complexity index is 450. The Morgan fingerprint density at radius 1 is 1.50 bits per heavy atom. The van der Waals surface area contributed by atoms with Crippen molar-refractivity contribution in [2.24, 2.45) is 0 Å². The fourth-order valence-corrected chi connectivity index (χ4v) is 2.56. The van der Waals surface area contributed by atoms with E-state index in [4.69, 9.17) is 11.6 Å². The molecule has 0 atom stereocenters. The Hall–Kier alpha value is -0.840. The Labute approximate surface area is 104 Å². The smallest absolute Gasteiger partial charge is 0.0931 e. The molecule has 16 heavy (non-hydrogen) atoms. The fourth-order valence-electron chi connectivity index (χ4n) is 1.47. The van der Waals surface area contributed by atoms with Crippen LogP contribution in [0, 0.1) is 6.92 Å². The third-order valence-electron chi connectivity index (χ3n) is 2.40. The molecule has 0 aliphatic heterocycles. The molecule has 0 saturated carbocycles. The quantitative estimate of drug-likeness (QED) is 0.807. The van der Waals surface area contributed by atoms with Gasteiger partial charge in [0.1, 0.15) is 0 Å². The molecule has 86 valence electrons. The van der Waals surface area contributed by atoms with Crippen molar-refractivity contribution >= 4 is 22.9 Å². The van der Waals surface area contributed by atoms with E-state index >= 15 is 0 Å². The molecule has 0 aromatic carbocycles. The lowest BCUT2D eigenvalue weighted by atomic mass is 10.3. The third kappa shape index (κ3) is 3.07. The minimum atomic E-state index is 0.814. The van der Waals surface area contributed by atoms with Gasteiger partial charge in [0.05, 0.1) is 16.4 Å². The highest BCUT2D eigenvalue weighted by Crippen LogP contribution is 2.21. The van der Waals surface area contributed by atoms with Crippen molar-refractivity contribution in [2.45, 2.75) is 19.9 Å². The zero-order valence-corrected chi connectivity index (χ0v) is 10.7. The van der Waals surface area contributed by atoms with Crippen LogP contribution in [-0.2, 0) is 13.0 Å². The van der Waals surface area contributed by atoms with Crippen molar-refractivity contribution in [3.8, 4) is 0 Å². The second-order valence-electron chi connectivity index (χ2n) is 3.61. The standard InChI is InChI=1S/C11H14ClN3S/c1-8-10(15-7-14-8)6-13-5-4-9-2-3-11(12)16-9/h2-3,7,13H,4-6H2,1H3,(H,14,15). The summed E-state index contributed by atoms with van der Waals surface area (Å²) in [6.45, 7) is 3.79. The summed E-state index contributed by atoms with van der Waals surface area (Å²) in [7, 11) is 0. The van der Waals surface area contributed by atoms with Gasteiger partial charge in [0.25, 0.3) is 0 Å². The molecule has 2 aromatic heterocycles. The van der Waals surface area contributed by atoms with E-state index in [1.807, 2.05) is 13.0 Å². The largest absolute Gasteiger partial charge is 0.348 e. The number of hydrogen-bond donors (Lipinski definition) is 2. The third-order valence-corrected chi connectivity index (χ3v) is 3.69. The number of nitrogens with one attached hydrogen (secondary N) is 2. The van der Waals surface area contributed by atoms with Crippen LogP contribution < -0.4 is 5.32 Å². The van der Waals surface area contributed by atoms with Crippen molar-refractivity contribution in [1.29, 1.82) is 0 Å². The van der Waals surface area contributed by atoms with E-state index in [1.165, 1.54) is 4.88 Å². The van der Waals surface area contributed by atoms with Gasteiger partial charge in [0, 0.05) is 23.7 Å². The van der Waals surface area contributed by atoms with Crippen LogP contribution in [0.5, 0.6) is 0 Å². The maximum atomic E-state index is 5.86. The van der Waals surface area contributed by atoms with E-state index in [9.17, 15) is 0 Å². The summed E-state index contributed by atoms with van der Waals surface area (Å²) < 4.78 is 0.859. The van der Waals surface area contributed by atoms with Crippen LogP contribution in [-0.4, -0.2) is 16.5 Å². The molecule has 3 nitrogen and oxygen atoms in total. The lowest BCUT2D eigenvalue weighted by Crippen LogP contribution is -2.17. The molecule has 0 fully saturated rings. The van der Waals surface area contributed by atoms with Crippen LogP contribution in [0.1, 0.15) is 16.3 Å². The minimum Gasteiger partial charge on any atom is -0.348 e. The highest BCUT2D eigenvalue weighted by atomic mass is 35.5. The summed E-state index contributed by atoms with van der Waals surface area (Å²) in [5.74, 6) is 0. The highest BCUT2D eigenvalue weighted by molar-refractivity contribution is 7.16. The van der Waals surface area contributed by atoms with Gasteiger partial charge in [-0.2, -0.15) is 0 Å². The summed E-state index contributed by atoms with van der Waals surface area (Å²) in [6.07, 6.45) is 2.74. The fraction of sp³-hybridized carbons (Fsp3) is 0.364. The molecule has 0 amide bonds. The summed E-state index contributed by atoms with van der Waals surface area (Å²) in [5, 5.41) is 3.37. The molecule has 5 heteroatoms. The van der Waals surface area contributed by atoms with Crippen molar-refractivity contribution in [2.75, 3.05) is 6.54 Å². The van der Waals surface area contributed by atoms with Crippen LogP contribution in [0.2, 0.25) is 4.34 Å². The van der Waals surface area contributed by atoms with Gasteiger partial charge in [0.15, 0.2) is 0 Å².